The molecule has 0 saturated carbocycles. The smallest absolute Gasteiger partial charge is 0.338 e. The van der Waals surface area contributed by atoms with E-state index in [4.69, 9.17) is 15.2 Å². The van der Waals surface area contributed by atoms with Crippen LogP contribution in [0.5, 0.6) is 11.5 Å². The minimum absolute atomic E-state index is 0.0433. The van der Waals surface area contributed by atoms with Crippen LogP contribution >= 0.6 is 23.5 Å². The fourth-order valence-electron chi connectivity index (χ4n) is 5.76. The number of ether oxygens (including phenoxy) is 2. The molecule has 0 bridgehead atoms. The summed E-state index contributed by atoms with van der Waals surface area (Å²) in [6, 6.07) is 15.1. The minimum Gasteiger partial charge on any atom is -0.493 e. The maximum absolute atomic E-state index is 14.4. The Labute approximate surface area is 301 Å². The molecule has 3 heterocycles. The molecule has 2 saturated heterocycles. The van der Waals surface area contributed by atoms with Crippen molar-refractivity contribution in [3.8, 4) is 11.5 Å². The van der Waals surface area contributed by atoms with Gasteiger partial charge in [0.25, 0.3) is 5.91 Å². The quantitative estimate of drug-likeness (QED) is 0.150. The summed E-state index contributed by atoms with van der Waals surface area (Å²) >= 11 is 2.45. The number of likely N-dealkylation sites (tertiary alicyclic amines) is 1. The fourth-order valence-corrected chi connectivity index (χ4v) is 7.89. The number of nitrogens with one attached hydrogen (secondary N) is 3. The Kier molecular flexibility index (Phi) is 10.9. The first-order valence-electron chi connectivity index (χ1n) is 16.2. The number of carbonyl (C=O) groups is 3. The van der Waals surface area contributed by atoms with Crippen molar-refractivity contribution in [2.75, 3.05) is 37.0 Å². The molecule has 4 aromatic rings. The first-order chi connectivity index (χ1) is 24.5. The summed E-state index contributed by atoms with van der Waals surface area (Å²) in [6.45, 7) is 5.03. The zero-order chi connectivity index (χ0) is 36.2. The highest BCUT2D eigenvalue weighted by Crippen LogP contribution is 2.41. The number of rotatable bonds is 9. The summed E-state index contributed by atoms with van der Waals surface area (Å²) in [5.74, 6) is -0.739. The zero-order valence-electron chi connectivity index (χ0n) is 28.1. The number of amides is 5. The van der Waals surface area contributed by atoms with E-state index >= 15 is 0 Å². The number of nitrogens with two attached hydrogens (primary N) is 1. The van der Waals surface area contributed by atoms with Gasteiger partial charge in [-0.15, -0.1) is 11.8 Å². The van der Waals surface area contributed by atoms with Crippen LogP contribution in [0.3, 0.4) is 0 Å². The van der Waals surface area contributed by atoms with Crippen LogP contribution in [0.25, 0.3) is 10.9 Å². The van der Waals surface area contributed by atoms with Gasteiger partial charge in [-0.05, 0) is 62.4 Å². The first kappa shape index (κ1) is 35.9. The number of thioether (sulfide) groups is 1. The average molecular weight is 738 g/mol. The van der Waals surface area contributed by atoms with E-state index < -0.39 is 28.9 Å². The van der Waals surface area contributed by atoms with Gasteiger partial charge in [-0.3, -0.25) is 4.79 Å². The number of anilines is 2. The number of aromatic nitrogens is 1. The van der Waals surface area contributed by atoms with Crippen molar-refractivity contribution >= 4 is 63.9 Å². The molecule has 16 heteroatoms. The predicted molar refractivity (Wildman–Crippen MR) is 193 cm³/mol. The summed E-state index contributed by atoms with van der Waals surface area (Å²) in [4.78, 5) is 45.7. The summed E-state index contributed by atoms with van der Waals surface area (Å²) in [6.07, 6.45) is 1.25. The predicted octanol–water partition coefficient (Wildman–Crippen LogP) is 6.53. The summed E-state index contributed by atoms with van der Waals surface area (Å²) in [7, 11) is 1.57. The highest BCUT2D eigenvalue weighted by atomic mass is 32.2. The minimum atomic E-state index is -1.05. The third-order valence-corrected chi connectivity index (χ3v) is 10.4. The number of carbonyl (C=O) groups excluding carboxylic acids is 3. The van der Waals surface area contributed by atoms with Gasteiger partial charge in [0.1, 0.15) is 28.9 Å². The average Bonchev–Trinajstić information content (AvgIpc) is 3.43. The standard InChI is InChI=1S/C35H37F2N7O5S2/c1-19(2)39-35(47)43-13-11-21(12-14-43)49-28-16-26-23(15-27(28)48-3)29(17-30(38)41-26)51-22-9-7-20(8-10-22)40-34(46)42-44-31(45)18-50-33(44)32-24(36)5-4-6-25(32)37/h4-10,15-17,19,21,33H,11-14,18H2,1-3H3,(H2,38,41)(H,39,47)(H2,40,42,46). The van der Waals surface area contributed by atoms with Crippen LogP contribution in [0.15, 0.2) is 70.5 Å². The van der Waals surface area contributed by atoms with Gasteiger partial charge >= 0.3 is 12.1 Å². The molecular weight excluding hydrogens is 701 g/mol. The molecule has 1 aromatic heterocycles. The second kappa shape index (κ2) is 15.5. The number of nitrogen functional groups attached to an aromatic ring is 1. The molecule has 51 heavy (non-hydrogen) atoms. The van der Waals surface area contributed by atoms with E-state index in [9.17, 15) is 23.2 Å². The highest BCUT2D eigenvalue weighted by molar-refractivity contribution is 8.00. The number of halogens is 2. The molecule has 3 aromatic carbocycles. The molecule has 5 N–H and O–H groups in total. The van der Waals surface area contributed by atoms with Gasteiger partial charge in [-0.25, -0.2) is 33.8 Å². The van der Waals surface area contributed by atoms with E-state index in [0.29, 0.717) is 54.5 Å². The highest BCUT2D eigenvalue weighted by Gasteiger charge is 2.37. The van der Waals surface area contributed by atoms with E-state index in [1.165, 1.54) is 17.8 Å². The molecule has 2 aliphatic heterocycles. The van der Waals surface area contributed by atoms with Gasteiger partial charge in [-0.1, -0.05) is 17.8 Å². The van der Waals surface area contributed by atoms with Crippen molar-refractivity contribution < 1.29 is 32.6 Å². The van der Waals surface area contributed by atoms with Crippen LogP contribution in [0, 0.1) is 11.6 Å². The Morgan fingerprint density at radius 3 is 2.41 bits per heavy atom. The Morgan fingerprint density at radius 2 is 1.75 bits per heavy atom. The van der Waals surface area contributed by atoms with Gasteiger partial charge in [0.15, 0.2) is 11.5 Å². The molecular formula is C35H37F2N7O5S2. The number of hydrogen-bond acceptors (Lipinski definition) is 9. The van der Waals surface area contributed by atoms with Gasteiger partial charge < -0.3 is 30.7 Å². The van der Waals surface area contributed by atoms with Gasteiger partial charge in [0.05, 0.1) is 23.9 Å². The fraction of sp³-hybridized carbons (Fsp3) is 0.314. The molecule has 268 valence electrons. The lowest BCUT2D eigenvalue weighted by atomic mass is 10.1. The van der Waals surface area contributed by atoms with E-state index in [1.54, 1.807) is 42.3 Å². The number of nitrogens with zero attached hydrogens (tertiary/aromatic N) is 3. The number of pyridine rings is 1. The maximum Gasteiger partial charge on any atom is 0.338 e. The van der Waals surface area contributed by atoms with Crippen LogP contribution in [0.4, 0.5) is 29.9 Å². The molecule has 0 radical (unpaired) electrons. The number of urea groups is 2. The van der Waals surface area contributed by atoms with Crippen molar-refractivity contribution in [2.24, 2.45) is 0 Å². The lowest BCUT2D eigenvalue weighted by Crippen LogP contribution is -2.48. The second-order valence-corrected chi connectivity index (χ2v) is 14.4. The van der Waals surface area contributed by atoms with Gasteiger partial charge in [0, 0.05) is 58.9 Å². The number of hydrogen-bond donors (Lipinski definition) is 4. The van der Waals surface area contributed by atoms with Crippen LogP contribution in [-0.2, 0) is 4.79 Å². The SMILES string of the molecule is COc1cc2c(Sc3ccc(NC(=O)NN4C(=O)CSC4c4c(F)cccc4F)cc3)cc(N)nc2cc1OC1CCN(C(=O)NC(C)C)CC1. The third kappa shape index (κ3) is 8.34. The van der Waals surface area contributed by atoms with E-state index in [-0.39, 0.29) is 29.5 Å². The van der Waals surface area contributed by atoms with E-state index in [2.05, 4.69) is 21.0 Å². The zero-order valence-corrected chi connectivity index (χ0v) is 29.7. The molecule has 12 nitrogen and oxygen atoms in total. The largest absolute Gasteiger partial charge is 0.493 e. The Hall–Kier alpha value is -4.96. The lowest BCUT2D eigenvalue weighted by Gasteiger charge is -2.33. The van der Waals surface area contributed by atoms with Crippen molar-refractivity contribution in [1.29, 1.82) is 0 Å². The third-order valence-electron chi connectivity index (χ3n) is 8.19. The lowest BCUT2D eigenvalue weighted by molar-refractivity contribution is -0.130. The second-order valence-electron chi connectivity index (χ2n) is 12.2. The van der Waals surface area contributed by atoms with Gasteiger partial charge in [0.2, 0.25) is 0 Å². The molecule has 1 atom stereocenters. The molecule has 2 fully saturated rings. The number of methoxy groups -OCH3 is 1. The van der Waals surface area contributed by atoms with Crippen LogP contribution in [0.2, 0.25) is 0 Å². The molecule has 0 spiro atoms. The number of piperidine rings is 1. The van der Waals surface area contributed by atoms with Gasteiger partial charge in [-0.2, -0.15) is 0 Å². The van der Waals surface area contributed by atoms with Crippen LogP contribution < -0.4 is 31.3 Å². The monoisotopic (exact) mass is 737 g/mol. The first-order valence-corrected chi connectivity index (χ1v) is 18.1. The Morgan fingerprint density at radius 1 is 1.04 bits per heavy atom. The number of fused-ring (bicyclic) bond motifs is 1. The summed E-state index contributed by atoms with van der Waals surface area (Å²) in [5, 5.41) is 6.28. The normalized spacial score (nSPS) is 16.4. The Balaban J connectivity index is 1.11. The molecule has 2 aliphatic rings. The van der Waals surface area contributed by atoms with Crippen molar-refractivity contribution in [3.05, 3.63) is 77.9 Å². The molecule has 1 unspecified atom stereocenters. The maximum atomic E-state index is 14.4. The molecule has 0 aliphatic carbocycles. The number of hydrazine groups is 1. The molecule has 5 amide bonds. The summed E-state index contributed by atoms with van der Waals surface area (Å²) in [5.41, 5.74) is 9.40. The molecule has 6 rings (SSSR count). The van der Waals surface area contributed by atoms with Crippen molar-refractivity contribution in [2.45, 2.75) is 54.0 Å². The van der Waals surface area contributed by atoms with Crippen molar-refractivity contribution in [1.82, 2.24) is 25.6 Å². The topological polar surface area (TPSA) is 151 Å². The van der Waals surface area contributed by atoms with E-state index in [1.807, 2.05) is 26.0 Å². The number of benzene rings is 3. The van der Waals surface area contributed by atoms with Crippen LogP contribution in [-0.4, -0.2) is 71.0 Å². The summed E-state index contributed by atoms with van der Waals surface area (Å²) < 4.78 is 40.9. The van der Waals surface area contributed by atoms with E-state index in [0.717, 1.165) is 44.1 Å². The van der Waals surface area contributed by atoms with Crippen molar-refractivity contribution in [3.63, 3.8) is 0 Å². The Bertz CT molecular complexity index is 1920. The van der Waals surface area contributed by atoms with Crippen LogP contribution in [0.1, 0.15) is 37.6 Å².